The molecule has 0 amide bonds. The smallest absolute Gasteiger partial charge is 0.195 e. The van der Waals surface area contributed by atoms with Crippen molar-refractivity contribution >= 4 is 12.2 Å². The number of nitrogens with zero attached hydrogens (tertiary/aromatic N) is 2. The molecule has 1 rings (SSSR count). The van der Waals surface area contributed by atoms with Crippen molar-refractivity contribution in [1.82, 2.24) is 14.8 Å². The van der Waals surface area contributed by atoms with Crippen LogP contribution < -0.4 is 0 Å². The van der Waals surface area contributed by atoms with Gasteiger partial charge in [-0.05, 0) is 18.6 Å². The van der Waals surface area contributed by atoms with Crippen LogP contribution in [0.3, 0.4) is 0 Å². The largest absolute Gasteiger partial charge is 0.383 e. The van der Waals surface area contributed by atoms with Crippen molar-refractivity contribution in [2.24, 2.45) is 0 Å². The Morgan fingerprint density at radius 3 is 2.93 bits per heavy atom. The maximum Gasteiger partial charge on any atom is 0.195 e. The zero-order chi connectivity index (χ0) is 11.3. The Balaban J connectivity index is 2.82. The van der Waals surface area contributed by atoms with Crippen LogP contribution in [0.1, 0.15) is 38.4 Å². The lowest BCUT2D eigenvalue weighted by Crippen LogP contribution is -2.10. The third-order valence-corrected chi connectivity index (χ3v) is 2.78. The normalized spacial score (nSPS) is 13.0. The fourth-order valence-corrected chi connectivity index (χ4v) is 1.90. The highest BCUT2D eigenvalue weighted by Gasteiger charge is 2.12. The third kappa shape index (κ3) is 3.14. The van der Waals surface area contributed by atoms with E-state index in [4.69, 9.17) is 17.0 Å². The quantitative estimate of drug-likeness (QED) is 0.762. The Labute approximate surface area is 95.7 Å². The first-order valence-electron chi connectivity index (χ1n) is 5.34. The molecule has 4 nitrogen and oxygen atoms in total. The highest BCUT2D eigenvalue weighted by atomic mass is 32.1. The first kappa shape index (κ1) is 12.4. The molecular weight excluding hydrogens is 210 g/mol. The molecule has 0 fully saturated rings. The average molecular weight is 229 g/mol. The monoisotopic (exact) mass is 229 g/mol. The first-order chi connectivity index (χ1) is 7.20. The van der Waals surface area contributed by atoms with Gasteiger partial charge in [-0.2, -0.15) is 5.10 Å². The molecule has 1 N–H and O–H groups in total. The Hall–Kier alpha value is -0.680. The second-order valence-corrected chi connectivity index (χ2v) is 4.11. The summed E-state index contributed by atoms with van der Waals surface area (Å²) in [6.07, 6.45) is 2.29. The van der Waals surface area contributed by atoms with Crippen LogP contribution in [0.25, 0.3) is 0 Å². The van der Waals surface area contributed by atoms with Crippen LogP contribution in [0.15, 0.2) is 0 Å². The molecule has 86 valence electrons. The van der Waals surface area contributed by atoms with Gasteiger partial charge in [0.2, 0.25) is 0 Å². The Bertz CT molecular complexity index is 345. The zero-order valence-corrected chi connectivity index (χ0v) is 10.4. The molecule has 1 atom stereocenters. The van der Waals surface area contributed by atoms with Crippen LogP contribution in [-0.4, -0.2) is 28.5 Å². The Morgan fingerprint density at radius 2 is 2.33 bits per heavy atom. The number of aromatic amines is 1. The minimum atomic E-state index is 0.444. The molecule has 0 radical (unpaired) electrons. The Morgan fingerprint density at radius 1 is 1.60 bits per heavy atom. The number of aromatic nitrogens is 3. The van der Waals surface area contributed by atoms with Gasteiger partial charge in [0.15, 0.2) is 4.77 Å². The molecule has 1 unspecified atom stereocenters. The summed E-state index contributed by atoms with van der Waals surface area (Å²) < 4.78 is 7.77. The van der Waals surface area contributed by atoms with Crippen LogP contribution in [-0.2, 0) is 11.3 Å². The molecule has 5 heteroatoms. The number of ether oxygens (including phenoxy) is 1. The summed E-state index contributed by atoms with van der Waals surface area (Å²) >= 11 is 5.18. The van der Waals surface area contributed by atoms with Gasteiger partial charge in [-0.15, -0.1) is 0 Å². The second-order valence-electron chi connectivity index (χ2n) is 3.72. The third-order valence-electron chi connectivity index (χ3n) is 2.47. The summed E-state index contributed by atoms with van der Waals surface area (Å²) in [6, 6.07) is 0. The standard InChI is InChI=1S/C10H19N3OS/c1-4-5-8(2)9-11-12-10(15)13(9)6-7-14-3/h8H,4-7H2,1-3H3,(H,12,15). The molecule has 1 heterocycles. The maximum absolute atomic E-state index is 5.18. The minimum absolute atomic E-state index is 0.444. The SMILES string of the molecule is CCCC(C)c1n[nH]c(=S)n1CCOC. The van der Waals surface area contributed by atoms with Crippen LogP contribution >= 0.6 is 12.2 Å². The molecular formula is C10H19N3OS. The fraction of sp³-hybridized carbons (Fsp3) is 0.800. The lowest BCUT2D eigenvalue weighted by molar-refractivity contribution is 0.185. The number of nitrogens with one attached hydrogen (secondary N) is 1. The van der Waals surface area contributed by atoms with Gasteiger partial charge < -0.3 is 9.30 Å². The van der Waals surface area contributed by atoms with E-state index in [-0.39, 0.29) is 0 Å². The van der Waals surface area contributed by atoms with Gasteiger partial charge in [-0.3, -0.25) is 5.10 Å². The molecule has 0 aliphatic carbocycles. The van der Waals surface area contributed by atoms with Crippen molar-refractivity contribution in [3.05, 3.63) is 10.6 Å². The van der Waals surface area contributed by atoms with E-state index in [0.29, 0.717) is 17.3 Å². The van der Waals surface area contributed by atoms with E-state index in [1.807, 2.05) is 4.57 Å². The number of hydrogen-bond acceptors (Lipinski definition) is 3. The van der Waals surface area contributed by atoms with E-state index in [1.54, 1.807) is 7.11 Å². The molecule has 0 saturated heterocycles. The molecule has 15 heavy (non-hydrogen) atoms. The average Bonchev–Trinajstić information content (AvgIpc) is 2.57. The Kier molecular flexibility index (Phi) is 4.98. The topological polar surface area (TPSA) is 42.8 Å². The van der Waals surface area contributed by atoms with Gasteiger partial charge in [0.25, 0.3) is 0 Å². The second kappa shape index (κ2) is 6.02. The molecule has 0 spiro atoms. The van der Waals surface area contributed by atoms with Crippen molar-refractivity contribution in [3.63, 3.8) is 0 Å². The fourth-order valence-electron chi connectivity index (χ4n) is 1.67. The van der Waals surface area contributed by atoms with Gasteiger partial charge in [0, 0.05) is 19.6 Å². The maximum atomic E-state index is 5.18. The highest BCUT2D eigenvalue weighted by molar-refractivity contribution is 7.71. The van der Waals surface area contributed by atoms with Crippen LogP contribution in [0, 0.1) is 4.77 Å². The number of hydrogen-bond donors (Lipinski definition) is 1. The predicted octanol–water partition coefficient (Wildman–Crippen LogP) is 2.49. The van der Waals surface area contributed by atoms with E-state index in [1.165, 1.54) is 0 Å². The number of rotatable bonds is 6. The molecule has 0 aliphatic heterocycles. The molecule has 0 aromatic carbocycles. The molecule has 0 bridgehead atoms. The van der Waals surface area contributed by atoms with Crippen molar-refractivity contribution in [1.29, 1.82) is 0 Å². The molecule has 1 aromatic heterocycles. The summed E-state index contributed by atoms with van der Waals surface area (Å²) in [5.74, 6) is 1.48. The zero-order valence-electron chi connectivity index (χ0n) is 9.62. The number of H-pyrrole nitrogens is 1. The van der Waals surface area contributed by atoms with Crippen molar-refractivity contribution < 1.29 is 4.74 Å². The van der Waals surface area contributed by atoms with Crippen LogP contribution in [0.4, 0.5) is 0 Å². The molecule has 0 saturated carbocycles. The van der Waals surface area contributed by atoms with Crippen molar-refractivity contribution in [2.45, 2.75) is 39.2 Å². The van der Waals surface area contributed by atoms with Gasteiger partial charge >= 0.3 is 0 Å². The lowest BCUT2D eigenvalue weighted by Gasteiger charge is -2.11. The summed E-state index contributed by atoms with van der Waals surface area (Å²) in [5, 5.41) is 7.12. The van der Waals surface area contributed by atoms with Crippen LogP contribution in [0.5, 0.6) is 0 Å². The summed E-state index contributed by atoms with van der Waals surface area (Å²) in [6.45, 7) is 5.80. The predicted molar refractivity (Wildman–Crippen MR) is 62.6 cm³/mol. The van der Waals surface area contributed by atoms with E-state index in [2.05, 4.69) is 24.0 Å². The summed E-state index contributed by atoms with van der Waals surface area (Å²) in [4.78, 5) is 0. The van der Waals surface area contributed by atoms with Crippen LogP contribution in [0.2, 0.25) is 0 Å². The van der Waals surface area contributed by atoms with E-state index in [0.717, 1.165) is 25.2 Å². The van der Waals surface area contributed by atoms with Gasteiger partial charge in [0.1, 0.15) is 5.82 Å². The van der Waals surface area contributed by atoms with E-state index >= 15 is 0 Å². The van der Waals surface area contributed by atoms with Gasteiger partial charge in [0.05, 0.1) is 6.61 Å². The summed E-state index contributed by atoms with van der Waals surface area (Å²) in [7, 11) is 1.69. The number of methoxy groups -OCH3 is 1. The van der Waals surface area contributed by atoms with Crippen molar-refractivity contribution in [2.75, 3.05) is 13.7 Å². The summed E-state index contributed by atoms with van der Waals surface area (Å²) in [5.41, 5.74) is 0. The first-order valence-corrected chi connectivity index (χ1v) is 5.75. The highest BCUT2D eigenvalue weighted by Crippen LogP contribution is 2.18. The molecule has 0 aliphatic rings. The lowest BCUT2D eigenvalue weighted by atomic mass is 10.1. The van der Waals surface area contributed by atoms with E-state index in [9.17, 15) is 0 Å². The van der Waals surface area contributed by atoms with Gasteiger partial charge in [-0.25, -0.2) is 0 Å². The van der Waals surface area contributed by atoms with E-state index < -0.39 is 0 Å². The van der Waals surface area contributed by atoms with Crippen molar-refractivity contribution in [3.8, 4) is 0 Å². The minimum Gasteiger partial charge on any atom is -0.383 e. The van der Waals surface area contributed by atoms with Gasteiger partial charge in [-0.1, -0.05) is 20.3 Å². The molecule has 1 aromatic rings.